The largest absolute Gasteiger partial charge is 0.336 e. The van der Waals surface area contributed by atoms with E-state index in [9.17, 15) is 9.59 Å². The van der Waals surface area contributed by atoms with Crippen molar-refractivity contribution < 1.29 is 9.59 Å². The number of nitrogens with zero attached hydrogens (tertiary/aromatic N) is 4. The molecule has 1 N–H and O–H groups in total. The predicted octanol–water partition coefficient (Wildman–Crippen LogP) is 2.48. The highest BCUT2D eigenvalue weighted by atomic mass is 79.9. The van der Waals surface area contributed by atoms with Gasteiger partial charge in [0.1, 0.15) is 6.04 Å². The lowest BCUT2D eigenvalue weighted by Gasteiger charge is -2.36. The number of piperidine rings is 1. The third kappa shape index (κ3) is 4.24. The maximum Gasteiger partial charge on any atom is 0.317 e. The Labute approximate surface area is 161 Å². The number of aromatic nitrogens is 2. The van der Waals surface area contributed by atoms with Crippen LogP contribution < -0.4 is 10.2 Å². The molecule has 26 heavy (non-hydrogen) atoms. The van der Waals surface area contributed by atoms with Crippen LogP contribution in [-0.4, -0.2) is 52.8 Å². The first-order chi connectivity index (χ1) is 12.6. The third-order valence-corrected chi connectivity index (χ3v) is 4.89. The number of hydrogen-bond donors (Lipinski definition) is 1. The number of carbonyl (C=O) groups is 2. The average molecular weight is 420 g/mol. The van der Waals surface area contributed by atoms with Crippen molar-refractivity contribution >= 4 is 33.6 Å². The first-order valence-electron chi connectivity index (χ1n) is 8.61. The quantitative estimate of drug-likeness (QED) is 0.808. The molecule has 0 radical (unpaired) electrons. The second kappa shape index (κ2) is 8.35. The number of rotatable bonds is 5. The van der Waals surface area contributed by atoms with Crippen molar-refractivity contribution in [2.45, 2.75) is 25.4 Å². The Balaban J connectivity index is 1.56. The van der Waals surface area contributed by atoms with Crippen molar-refractivity contribution in [3.05, 3.63) is 47.2 Å². The lowest BCUT2D eigenvalue weighted by Crippen LogP contribution is -2.55. The summed E-state index contributed by atoms with van der Waals surface area (Å²) in [5.41, 5.74) is 0.875. The van der Waals surface area contributed by atoms with Gasteiger partial charge in [0, 0.05) is 32.0 Å². The molecule has 1 unspecified atom stereocenters. The van der Waals surface area contributed by atoms with Crippen LogP contribution in [0.4, 0.5) is 10.5 Å². The van der Waals surface area contributed by atoms with Crippen LogP contribution in [0.1, 0.15) is 12.8 Å². The van der Waals surface area contributed by atoms with E-state index in [-0.39, 0.29) is 11.9 Å². The summed E-state index contributed by atoms with van der Waals surface area (Å²) in [6.07, 6.45) is 5.09. The second-order valence-electron chi connectivity index (χ2n) is 6.25. The van der Waals surface area contributed by atoms with Crippen LogP contribution in [0.3, 0.4) is 0 Å². The lowest BCUT2D eigenvalue weighted by atomic mass is 10.0. The van der Waals surface area contributed by atoms with Crippen molar-refractivity contribution in [3.8, 4) is 0 Å². The lowest BCUT2D eigenvalue weighted by molar-refractivity contribution is -0.123. The Morgan fingerprint density at radius 3 is 2.85 bits per heavy atom. The van der Waals surface area contributed by atoms with E-state index in [0.29, 0.717) is 26.1 Å². The molecule has 7 nitrogen and oxygen atoms in total. The third-order valence-electron chi connectivity index (χ3n) is 4.48. The maximum atomic E-state index is 12.9. The van der Waals surface area contributed by atoms with E-state index in [1.165, 1.54) is 4.90 Å². The molecule has 2 aromatic rings. The molecular formula is C18H22BrN5O2. The summed E-state index contributed by atoms with van der Waals surface area (Å²) >= 11 is 3.34. The van der Waals surface area contributed by atoms with Crippen LogP contribution >= 0.6 is 15.9 Å². The molecule has 1 atom stereocenters. The first-order valence-corrected chi connectivity index (χ1v) is 9.40. The molecule has 1 aromatic carbocycles. The van der Waals surface area contributed by atoms with Gasteiger partial charge in [0.25, 0.3) is 0 Å². The SMILES string of the molecule is CN(C(=O)NCCn1cc(Br)cn1)C1CCCN(c2ccccc2)C1=O. The molecule has 0 bridgehead atoms. The van der Waals surface area contributed by atoms with E-state index < -0.39 is 6.04 Å². The van der Waals surface area contributed by atoms with Crippen molar-refractivity contribution in [2.75, 3.05) is 25.0 Å². The standard InChI is InChI=1S/C18H22BrN5O2/c1-22(18(26)20-9-11-23-13-14(19)12-21-23)16-8-5-10-24(17(16)25)15-6-3-2-4-7-15/h2-4,6-7,12-13,16H,5,8-11H2,1H3,(H,20,26). The van der Waals surface area contributed by atoms with Crippen LogP contribution in [0.5, 0.6) is 0 Å². The topological polar surface area (TPSA) is 70.5 Å². The summed E-state index contributed by atoms with van der Waals surface area (Å²) in [5, 5.41) is 7.00. The summed E-state index contributed by atoms with van der Waals surface area (Å²) in [4.78, 5) is 28.6. The van der Waals surface area contributed by atoms with Crippen molar-refractivity contribution in [3.63, 3.8) is 0 Å². The van der Waals surface area contributed by atoms with Crippen LogP contribution in [-0.2, 0) is 11.3 Å². The molecule has 2 heterocycles. The minimum Gasteiger partial charge on any atom is -0.336 e. The molecule has 0 aliphatic carbocycles. The molecule has 0 spiro atoms. The van der Waals surface area contributed by atoms with Gasteiger partial charge in [-0.1, -0.05) is 18.2 Å². The minimum atomic E-state index is -0.442. The molecule has 3 amide bonds. The zero-order valence-corrected chi connectivity index (χ0v) is 16.2. The fourth-order valence-corrected chi connectivity index (χ4v) is 3.41. The van der Waals surface area contributed by atoms with Gasteiger partial charge in [0.05, 0.1) is 17.2 Å². The highest BCUT2D eigenvalue weighted by Crippen LogP contribution is 2.23. The number of halogens is 1. The highest BCUT2D eigenvalue weighted by molar-refractivity contribution is 9.10. The van der Waals surface area contributed by atoms with Crippen LogP contribution in [0, 0.1) is 0 Å². The average Bonchev–Trinajstić information content (AvgIpc) is 3.07. The molecule has 1 aliphatic heterocycles. The fourth-order valence-electron chi connectivity index (χ4n) is 3.08. The Kier molecular flexibility index (Phi) is 5.92. The Morgan fingerprint density at radius 1 is 1.38 bits per heavy atom. The van der Waals surface area contributed by atoms with E-state index >= 15 is 0 Å². The maximum absolute atomic E-state index is 12.9. The highest BCUT2D eigenvalue weighted by Gasteiger charge is 2.34. The molecule has 0 saturated carbocycles. The molecule has 3 rings (SSSR count). The molecule has 8 heteroatoms. The zero-order valence-electron chi connectivity index (χ0n) is 14.6. The van der Waals surface area contributed by atoms with Gasteiger partial charge in [-0.3, -0.25) is 9.48 Å². The Morgan fingerprint density at radius 2 is 2.15 bits per heavy atom. The normalized spacial score (nSPS) is 17.2. The van der Waals surface area contributed by atoms with Gasteiger partial charge in [-0.2, -0.15) is 5.10 Å². The number of nitrogens with one attached hydrogen (secondary N) is 1. The Bertz CT molecular complexity index is 764. The van der Waals surface area contributed by atoms with Gasteiger partial charge >= 0.3 is 6.03 Å². The Hall–Kier alpha value is -2.35. The molecule has 1 aliphatic rings. The van der Waals surface area contributed by atoms with Crippen LogP contribution in [0.2, 0.25) is 0 Å². The number of amides is 3. The van der Waals surface area contributed by atoms with Crippen LogP contribution in [0.25, 0.3) is 0 Å². The number of hydrogen-bond acceptors (Lipinski definition) is 3. The number of urea groups is 1. The molecule has 138 valence electrons. The van der Waals surface area contributed by atoms with Crippen molar-refractivity contribution in [1.29, 1.82) is 0 Å². The van der Waals surface area contributed by atoms with Gasteiger partial charge in [-0.15, -0.1) is 0 Å². The van der Waals surface area contributed by atoms with E-state index in [0.717, 1.165) is 16.6 Å². The van der Waals surface area contributed by atoms with Gasteiger partial charge in [0.2, 0.25) is 5.91 Å². The predicted molar refractivity (Wildman–Crippen MR) is 103 cm³/mol. The number of para-hydroxylation sites is 1. The number of likely N-dealkylation sites (N-methyl/N-ethyl adjacent to an activating group) is 1. The second-order valence-corrected chi connectivity index (χ2v) is 7.16. The fraction of sp³-hybridized carbons (Fsp3) is 0.389. The van der Waals surface area contributed by atoms with Gasteiger partial charge in [-0.05, 0) is 40.9 Å². The van der Waals surface area contributed by atoms with Crippen LogP contribution in [0.15, 0.2) is 47.2 Å². The monoisotopic (exact) mass is 419 g/mol. The zero-order chi connectivity index (χ0) is 18.5. The van der Waals surface area contributed by atoms with Gasteiger partial charge in [-0.25, -0.2) is 4.79 Å². The van der Waals surface area contributed by atoms with Gasteiger partial charge < -0.3 is 15.1 Å². The molecular weight excluding hydrogens is 398 g/mol. The molecule has 1 saturated heterocycles. The minimum absolute atomic E-state index is 0.0314. The summed E-state index contributed by atoms with van der Waals surface area (Å²) in [5.74, 6) is -0.0314. The van der Waals surface area contributed by atoms with E-state index in [2.05, 4.69) is 26.3 Å². The number of anilines is 1. The number of carbonyl (C=O) groups excluding carboxylic acids is 2. The van der Waals surface area contributed by atoms with E-state index in [1.807, 2.05) is 36.5 Å². The molecule has 1 fully saturated rings. The van der Waals surface area contributed by atoms with E-state index in [1.54, 1.807) is 22.8 Å². The summed E-state index contributed by atoms with van der Waals surface area (Å²) in [6.45, 7) is 1.70. The summed E-state index contributed by atoms with van der Waals surface area (Å²) in [6, 6.07) is 8.90. The first kappa shape index (κ1) is 18.4. The van der Waals surface area contributed by atoms with Crippen molar-refractivity contribution in [2.24, 2.45) is 0 Å². The summed E-state index contributed by atoms with van der Waals surface area (Å²) < 4.78 is 2.64. The molecule has 1 aromatic heterocycles. The number of benzene rings is 1. The smallest absolute Gasteiger partial charge is 0.317 e. The van der Waals surface area contributed by atoms with Gasteiger partial charge in [0.15, 0.2) is 0 Å². The van der Waals surface area contributed by atoms with E-state index in [4.69, 9.17) is 0 Å². The summed E-state index contributed by atoms with van der Waals surface area (Å²) in [7, 11) is 1.68. The van der Waals surface area contributed by atoms with Crippen molar-refractivity contribution in [1.82, 2.24) is 20.0 Å².